The molecule has 0 fully saturated rings. The predicted octanol–water partition coefficient (Wildman–Crippen LogP) is 0.701. The van der Waals surface area contributed by atoms with E-state index in [0.29, 0.717) is 0 Å². The summed E-state index contributed by atoms with van der Waals surface area (Å²) in [4.78, 5) is 0. The zero-order chi connectivity index (χ0) is 3.41. The molecule has 0 aromatic heterocycles. The van der Waals surface area contributed by atoms with Crippen molar-refractivity contribution in [2.45, 2.75) is 0 Å². The Labute approximate surface area is 37.5 Å². The Bertz CT molecular complexity index is 9.61. The molecule has 0 aliphatic rings. The van der Waals surface area contributed by atoms with Crippen LogP contribution < -0.4 is 0 Å². The summed E-state index contributed by atoms with van der Waals surface area (Å²) in [5.74, 6) is 0. The number of hydrogen-bond acceptors (Lipinski definition) is 2. The Kier molecular flexibility index (Phi) is 15.9. The van der Waals surface area contributed by atoms with Crippen molar-refractivity contribution in [3.63, 3.8) is 0 Å². The first-order valence-corrected chi connectivity index (χ1v) is 0.475. The van der Waals surface area contributed by atoms with Gasteiger partial charge in [-0.15, -0.1) is 0 Å². The van der Waals surface area contributed by atoms with E-state index in [2.05, 4.69) is 0 Å². The van der Waals surface area contributed by atoms with E-state index in [4.69, 9.17) is 0 Å². The van der Waals surface area contributed by atoms with Crippen molar-refractivity contribution in [2.24, 2.45) is 0 Å². The van der Waals surface area contributed by atoms with E-state index in [-0.39, 0.29) is 17.4 Å². The molecule has 2 nitrogen and oxygen atoms in total. The third-order valence-corrected chi connectivity index (χ3v) is 0.0238. The van der Waals surface area contributed by atoms with Crippen LogP contribution in [0, 0.1) is 0 Å². The predicted molar refractivity (Wildman–Crippen MR) is 4.39 cm³/mol. The maximum atomic E-state index is 9.62. The topological polar surface area (TPSA) is 18.5 Å². The average Bonchev–Trinajstić information content (AvgIpc) is 1.37. The Morgan fingerprint density at radius 1 is 1.00 bits per heavy atom. The summed E-state index contributed by atoms with van der Waals surface area (Å²) in [6.07, 6.45) is 0. The van der Waals surface area contributed by atoms with Crippen molar-refractivity contribution in [2.75, 3.05) is 0 Å². The summed E-state index contributed by atoms with van der Waals surface area (Å²) in [5.41, 5.74) is 0. The summed E-state index contributed by atoms with van der Waals surface area (Å²) in [7, 11) is 0. The smallest absolute Gasteiger partial charge is 0.0122 e. The zero-order valence-corrected chi connectivity index (χ0v) is 3.26. The molecule has 0 bridgehead atoms. The molecule has 0 N–H and O–H groups in total. The molecule has 26 valence electrons. The second-order valence-corrected chi connectivity index (χ2v) is 0.126. The summed E-state index contributed by atoms with van der Waals surface area (Å²) in [5, 5.41) is 3.75. The van der Waals surface area contributed by atoms with Crippen LogP contribution in [0.1, 0.15) is 0 Å². The average molecular weight is 122 g/mol. The third kappa shape index (κ3) is 13.4. The molecule has 0 spiro atoms. The summed E-state index contributed by atoms with van der Waals surface area (Å²) in [6, 6.07) is 0. The van der Waals surface area contributed by atoms with Crippen LogP contribution in [-0.4, -0.2) is 0 Å². The maximum Gasteiger partial charge on any atom is 6.00 e. The molecule has 0 aliphatic carbocycles. The third-order valence-electron chi connectivity index (χ3n) is 0.0238. The van der Waals surface area contributed by atoms with Crippen LogP contribution >= 0.6 is 0 Å². The standard InChI is InChI=1S/Cr.F2O2/c;1-3-4-2/q+6;. The second kappa shape index (κ2) is 8.85. The Hall–Kier alpha value is 0.312. The van der Waals surface area contributed by atoms with Gasteiger partial charge in [-0.05, 0) is 9.05 Å². The molecule has 0 unspecified atom stereocenters. The van der Waals surface area contributed by atoms with Crippen molar-refractivity contribution in [1.82, 2.24) is 0 Å². The van der Waals surface area contributed by atoms with Gasteiger partial charge in [0.2, 0.25) is 0 Å². The molecule has 0 atom stereocenters. The summed E-state index contributed by atoms with van der Waals surface area (Å²) < 4.78 is 19.2. The van der Waals surface area contributed by atoms with E-state index in [1.807, 2.05) is 10.2 Å². The molecular formula is CrF2O2+6. The first-order valence-electron chi connectivity index (χ1n) is 0.475. The van der Waals surface area contributed by atoms with E-state index in [1.54, 1.807) is 0 Å². The van der Waals surface area contributed by atoms with Crippen molar-refractivity contribution >= 4 is 0 Å². The Morgan fingerprint density at radius 2 is 1.20 bits per heavy atom. The van der Waals surface area contributed by atoms with Crippen LogP contribution in [0.15, 0.2) is 0 Å². The largest absolute Gasteiger partial charge is 6.00 e. The minimum atomic E-state index is 0. The van der Waals surface area contributed by atoms with Gasteiger partial charge in [-0.25, -0.2) is 0 Å². The zero-order valence-electron chi connectivity index (χ0n) is 1.98. The van der Waals surface area contributed by atoms with Crippen LogP contribution in [0.2, 0.25) is 0 Å². The van der Waals surface area contributed by atoms with Crippen LogP contribution in [0.25, 0.3) is 0 Å². The fraction of sp³-hybridized carbons (Fsp3) is 0. The van der Waals surface area contributed by atoms with Crippen LogP contribution in [0.5, 0.6) is 0 Å². The van der Waals surface area contributed by atoms with E-state index in [0.717, 1.165) is 0 Å². The SMILES string of the molecule is FOOF.[Cr+6]. The molecule has 0 heterocycles. The fourth-order valence-electron chi connectivity index (χ4n) is 0. The van der Waals surface area contributed by atoms with Crippen molar-refractivity contribution < 1.29 is 36.6 Å². The molecule has 0 aromatic carbocycles. The first kappa shape index (κ1) is 9.00. The minimum Gasteiger partial charge on any atom is -0.0122 e. The fourth-order valence-corrected chi connectivity index (χ4v) is 0. The van der Waals surface area contributed by atoms with Gasteiger partial charge in [-0.3, -0.25) is 0 Å². The van der Waals surface area contributed by atoms with Gasteiger partial charge in [0.1, 0.15) is 0 Å². The van der Waals surface area contributed by atoms with Crippen molar-refractivity contribution in [3.05, 3.63) is 0 Å². The van der Waals surface area contributed by atoms with Gasteiger partial charge in [0.25, 0.3) is 0 Å². The van der Waals surface area contributed by atoms with Gasteiger partial charge < -0.3 is 0 Å². The molecule has 0 rings (SSSR count). The van der Waals surface area contributed by atoms with E-state index < -0.39 is 0 Å². The molecule has 0 saturated carbocycles. The van der Waals surface area contributed by atoms with Gasteiger partial charge in [0.15, 0.2) is 0 Å². The minimum absolute atomic E-state index is 0. The van der Waals surface area contributed by atoms with Crippen LogP contribution in [-0.2, 0) is 27.5 Å². The van der Waals surface area contributed by atoms with E-state index in [9.17, 15) is 9.05 Å². The molecule has 0 saturated heterocycles. The number of halogens is 2. The van der Waals surface area contributed by atoms with Crippen LogP contribution in [0.3, 0.4) is 0 Å². The Morgan fingerprint density at radius 3 is 1.20 bits per heavy atom. The monoisotopic (exact) mass is 122 g/mol. The van der Waals surface area contributed by atoms with Gasteiger partial charge in [0.05, 0.1) is 0 Å². The number of hydrogen-bond donors (Lipinski definition) is 0. The van der Waals surface area contributed by atoms with Gasteiger partial charge >= 0.3 is 17.4 Å². The van der Waals surface area contributed by atoms with Crippen molar-refractivity contribution in [1.29, 1.82) is 0 Å². The normalized spacial score (nSPS) is 6.00. The summed E-state index contributed by atoms with van der Waals surface area (Å²) >= 11 is 0. The second-order valence-electron chi connectivity index (χ2n) is 0.126. The first-order chi connectivity index (χ1) is 1.91. The molecule has 0 radical (unpaired) electrons. The van der Waals surface area contributed by atoms with Crippen molar-refractivity contribution in [3.8, 4) is 0 Å². The van der Waals surface area contributed by atoms with Crippen LogP contribution in [0.4, 0.5) is 9.05 Å². The number of rotatable bonds is 1. The van der Waals surface area contributed by atoms with Gasteiger partial charge in [-0.1, -0.05) is 0 Å². The molecule has 0 amide bonds. The molecular weight excluding hydrogens is 122 g/mol. The molecule has 0 aliphatic heterocycles. The quantitative estimate of drug-likeness (QED) is 0.376. The maximum absolute atomic E-state index is 9.62. The molecule has 5 heavy (non-hydrogen) atoms. The van der Waals surface area contributed by atoms with E-state index in [1.165, 1.54) is 0 Å². The summed E-state index contributed by atoms with van der Waals surface area (Å²) in [6.45, 7) is 0. The Balaban J connectivity index is 0. The molecule has 0 aromatic rings. The van der Waals surface area contributed by atoms with Gasteiger partial charge in [-0.2, -0.15) is 0 Å². The van der Waals surface area contributed by atoms with E-state index >= 15 is 0 Å². The molecule has 5 heteroatoms. The van der Waals surface area contributed by atoms with Gasteiger partial charge in [0, 0.05) is 10.2 Å².